The third-order valence-corrected chi connectivity index (χ3v) is 4.73. The first-order valence-electron chi connectivity index (χ1n) is 8.43. The molecule has 1 N–H and O–H groups in total. The number of carbonyl (C=O) groups is 1. The summed E-state index contributed by atoms with van der Waals surface area (Å²) in [6.07, 6.45) is -1.65. The molecule has 1 aromatic rings. The molecule has 1 atom stereocenters. The van der Waals surface area contributed by atoms with Crippen LogP contribution in [-0.2, 0) is 11.0 Å². The first-order chi connectivity index (χ1) is 11.3. The number of hydrogen-bond donors (Lipinski definition) is 1. The summed E-state index contributed by atoms with van der Waals surface area (Å²) >= 11 is 0. The van der Waals surface area contributed by atoms with Gasteiger partial charge in [0.05, 0.1) is 5.56 Å². The fourth-order valence-electron chi connectivity index (χ4n) is 3.09. The molecule has 1 aliphatic rings. The Labute approximate surface area is 141 Å². The lowest BCUT2D eigenvalue weighted by molar-refractivity contribution is -0.137. The Morgan fingerprint density at radius 1 is 1.33 bits per heavy atom. The number of amides is 1. The number of rotatable bonds is 5. The summed E-state index contributed by atoms with van der Waals surface area (Å²) in [5.74, 6) is 0.184. The van der Waals surface area contributed by atoms with E-state index in [1.54, 1.807) is 13.0 Å². The fourth-order valence-corrected chi connectivity index (χ4v) is 3.09. The van der Waals surface area contributed by atoms with Crippen molar-refractivity contribution in [2.75, 3.05) is 19.6 Å². The summed E-state index contributed by atoms with van der Waals surface area (Å²) in [6.45, 7) is 5.86. The summed E-state index contributed by atoms with van der Waals surface area (Å²) in [6, 6.07) is 5.97. The minimum Gasteiger partial charge on any atom is -0.343 e. The SMILES string of the molecule is CC(=O)N1CCC(NCC[C@@H](C)c2cccc(C(F)(F)F)c2)CC1. The molecule has 1 fully saturated rings. The molecule has 0 aliphatic carbocycles. The number of nitrogens with one attached hydrogen (secondary N) is 1. The van der Waals surface area contributed by atoms with Gasteiger partial charge >= 0.3 is 6.18 Å². The Bertz CT molecular complexity index is 551. The second kappa shape index (κ2) is 8.01. The summed E-state index contributed by atoms with van der Waals surface area (Å²) in [7, 11) is 0. The predicted molar refractivity (Wildman–Crippen MR) is 87.8 cm³/mol. The largest absolute Gasteiger partial charge is 0.416 e. The van der Waals surface area contributed by atoms with Crippen LogP contribution in [0.1, 0.15) is 50.2 Å². The maximum Gasteiger partial charge on any atom is 0.416 e. The number of hydrogen-bond acceptors (Lipinski definition) is 2. The summed E-state index contributed by atoms with van der Waals surface area (Å²) in [5, 5.41) is 3.47. The van der Waals surface area contributed by atoms with Gasteiger partial charge in [-0.3, -0.25) is 4.79 Å². The van der Waals surface area contributed by atoms with Crippen molar-refractivity contribution in [3.05, 3.63) is 35.4 Å². The number of halogens is 3. The van der Waals surface area contributed by atoms with Gasteiger partial charge < -0.3 is 10.2 Å². The van der Waals surface area contributed by atoms with Crippen molar-refractivity contribution < 1.29 is 18.0 Å². The number of carbonyl (C=O) groups excluding carboxylic acids is 1. The van der Waals surface area contributed by atoms with Crippen LogP contribution >= 0.6 is 0 Å². The molecule has 1 saturated heterocycles. The minimum atomic E-state index is -4.29. The van der Waals surface area contributed by atoms with E-state index in [1.165, 1.54) is 12.1 Å². The van der Waals surface area contributed by atoms with E-state index >= 15 is 0 Å². The van der Waals surface area contributed by atoms with Gasteiger partial charge in [-0.05, 0) is 43.4 Å². The summed E-state index contributed by atoms with van der Waals surface area (Å²) < 4.78 is 38.3. The van der Waals surface area contributed by atoms with Gasteiger partial charge in [0, 0.05) is 26.1 Å². The van der Waals surface area contributed by atoms with Crippen molar-refractivity contribution in [1.29, 1.82) is 0 Å². The van der Waals surface area contributed by atoms with Gasteiger partial charge in [0.15, 0.2) is 0 Å². The van der Waals surface area contributed by atoms with Crippen molar-refractivity contribution in [3.63, 3.8) is 0 Å². The van der Waals surface area contributed by atoms with Crippen molar-refractivity contribution >= 4 is 5.91 Å². The lowest BCUT2D eigenvalue weighted by Crippen LogP contribution is -2.44. The molecule has 24 heavy (non-hydrogen) atoms. The molecule has 0 bridgehead atoms. The Balaban J connectivity index is 1.78. The lowest BCUT2D eigenvalue weighted by Gasteiger charge is -2.32. The monoisotopic (exact) mass is 342 g/mol. The van der Waals surface area contributed by atoms with Crippen LogP contribution in [0, 0.1) is 0 Å². The van der Waals surface area contributed by atoms with Crippen molar-refractivity contribution in [2.24, 2.45) is 0 Å². The maximum atomic E-state index is 12.8. The molecular formula is C18H25F3N2O. The van der Waals surface area contributed by atoms with Gasteiger partial charge in [-0.15, -0.1) is 0 Å². The molecule has 3 nitrogen and oxygen atoms in total. The number of nitrogens with zero attached hydrogens (tertiary/aromatic N) is 1. The zero-order valence-corrected chi connectivity index (χ0v) is 14.2. The van der Waals surface area contributed by atoms with E-state index in [9.17, 15) is 18.0 Å². The first kappa shape index (κ1) is 18.8. The average Bonchev–Trinajstić information content (AvgIpc) is 2.54. The molecular weight excluding hydrogens is 317 g/mol. The van der Waals surface area contributed by atoms with Crippen LogP contribution in [0.3, 0.4) is 0 Å². The average molecular weight is 342 g/mol. The molecule has 134 valence electrons. The van der Waals surface area contributed by atoms with Gasteiger partial charge in [-0.25, -0.2) is 0 Å². The van der Waals surface area contributed by atoms with Gasteiger partial charge in [0.1, 0.15) is 0 Å². The first-order valence-corrected chi connectivity index (χ1v) is 8.43. The van der Waals surface area contributed by atoms with Gasteiger partial charge in [-0.1, -0.05) is 25.1 Å². The summed E-state index contributed by atoms with van der Waals surface area (Å²) in [5.41, 5.74) is 0.134. The standard InChI is InChI=1S/C18H25F3N2O/c1-13(15-4-3-5-16(12-15)18(19,20)21)6-9-22-17-7-10-23(11-8-17)14(2)24/h3-5,12-13,17,22H,6-11H2,1-2H3/t13-/m1/s1. The van der Waals surface area contributed by atoms with E-state index in [4.69, 9.17) is 0 Å². The Hall–Kier alpha value is -1.56. The number of piperidine rings is 1. The fraction of sp³-hybridized carbons (Fsp3) is 0.611. The highest BCUT2D eigenvalue weighted by Crippen LogP contribution is 2.31. The number of benzene rings is 1. The molecule has 1 amide bonds. The second-order valence-corrected chi connectivity index (χ2v) is 6.55. The van der Waals surface area contributed by atoms with Crippen molar-refractivity contribution in [1.82, 2.24) is 10.2 Å². The third kappa shape index (κ3) is 5.23. The van der Waals surface area contributed by atoms with Crippen molar-refractivity contribution in [2.45, 2.75) is 51.2 Å². The molecule has 0 aromatic heterocycles. The Morgan fingerprint density at radius 2 is 2.00 bits per heavy atom. The van der Waals surface area contributed by atoms with E-state index in [2.05, 4.69) is 5.32 Å². The summed E-state index contributed by atoms with van der Waals surface area (Å²) in [4.78, 5) is 13.1. The van der Waals surface area contributed by atoms with Crippen LogP contribution in [0.4, 0.5) is 13.2 Å². The zero-order valence-electron chi connectivity index (χ0n) is 14.2. The molecule has 0 radical (unpaired) electrons. The zero-order chi connectivity index (χ0) is 17.7. The highest BCUT2D eigenvalue weighted by atomic mass is 19.4. The minimum absolute atomic E-state index is 0.0668. The topological polar surface area (TPSA) is 32.3 Å². The molecule has 0 saturated carbocycles. The number of alkyl halides is 3. The molecule has 1 aromatic carbocycles. The molecule has 0 spiro atoms. The predicted octanol–water partition coefficient (Wildman–Crippen LogP) is 3.80. The maximum absolute atomic E-state index is 12.8. The normalized spacial score (nSPS) is 17.8. The molecule has 6 heteroatoms. The van der Waals surface area contributed by atoms with E-state index in [0.29, 0.717) is 6.04 Å². The quantitative estimate of drug-likeness (QED) is 0.883. The molecule has 1 heterocycles. The second-order valence-electron chi connectivity index (χ2n) is 6.55. The van der Waals surface area contributed by atoms with Crippen molar-refractivity contribution in [3.8, 4) is 0 Å². The smallest absolute Gasteiger partial charge is 0.343 e. The van der Waals surface area contributed by atoms with Crippen LogP contribution in [-0.4, -0.2) is 36.5 Å². The van der Waals surface area contributed by atoms with E-state index in [0.717, 1.165) is 50.5 Å². The van der Waals surface area contributed by atoms with Gasteiger partial charge in [0.2, 0.25) is 5.91 Å². The lowest BCUT2D eigenvalue weighted by atomic mass is 9.95. The highest BCUT2D eigenvalue weighted by Gasteiger charge is 2.30. The van der Waals surface area contributed by atoms with Gasteiger partial charge in [-0.2, -0.15) is 13.2 Å². The number of likely N-dealkylation sites (tertiary alicyclic amines) is 1. The van der Waals surface area contributed by atoms with Gasteiger partial charge in [0.25, 0.3) is 0 Å². The van der Waals surface area contributed by atoms with E-state index in [-0.39, 0.29) is 11.8 Å². The van der Waals surface area contributed by atoms with Crippen LogP contribution in [0.5, 0.6) is 0 Å². The molecule has 0 unspecified atom stereocenters. The van der Waals surface area contributed by atoms with Crippen LogP contribution in [0.25, 0.3) is 0 Å². The van der Waals surface area contributed by atoms with E-state index in [1.807, 2.05) is 11.8 Å². The van der Waals surface area contributed by atoms with E-state index < -0.39 is 11.7 Å². The highest BCUT2D eigenvalue weighted by molar-refractivity contribution is 5.73. The van der Waals surface area contributed by atoms with Crippen LogP contribution in [0.15, 0.2) is 24.3 Å². The van der Waals surface area contributed by atoms with Crippen LogP contribution in [0.2, 0.25) is 0 Å². The Morgan fingerprint density at radius 3 is 2.58 bits per heavy atom. The molecule has 2 rings (SSSR count). The Kier molecular flexibility index (Phi) is 6.27. The molecule has 1 aliphatic heterocycles. The van der Waals surface area contributed by atoms with Crippen LogP contribution < -0.4 is 5.32 Å². The third-order valence-electron chi connectivity index (χ3n) is 4.73.